The highest BCUT2D eigenvalue weighted by atomic mass is 16.5. The molecular weight excluding hydrogens is 320 g/mol. The minimum atomic E-state index is -0.643. The van der Waals surface area contributed by atoms with Crippen molar-refractivity contribution in [1.29, 1.82) is 0 Å². The molecule has 1 heterocycles. The standard InChI is InChI=1S/C19H24N2O4/c1-6-25-10-21-16(15(11(2)3)18(23)20-19(21)24)17(22)14-8-12(4)7-13(5)9-14/h7-9,11H,6,10H2,1-5H3,(H,20,23,24). The van der Waals surface area contributed by atoms with E-state index in [2.05, 4.69) is 4.98 Å². The molecular formula is C19H24N2O4. The number of nitrogens with zero attached hydrogens (tertiary/aromatic N) is 1. The van der Waals surface area contributed by atoms with Crippen LogP contribution in [0.5, 0.6) is 0 Å². The molecule has 0 bridgehead atoms. The predicted molar refractivity (Wildman–Crippen MR) is 96.4 cm³/mol. The lowest BCUT2D eigenvalue weighted by atomic mass is 9.95. The Hall–Kier alpha value is -2.47. The lowest BCUT2D eigenvalue weighted by Gasteiger charge is -2.17. The minimum Gasteiger partial charge on any atom is -0.361 e. The van der Waals surface area contributed by atoms with Gasteiger partial charge >= 0.3 is 5.69 Å². The van der Waals surface area contributed by atoms with Gasteiger partial charge in [-0.15, -0.1) is 0 Å². The van der Waals surface area contributed by atoms with E-state index in [-0.39, 0.29) is 24.1 Å². The normalized spacial score (nSPS) is 11.1. The first kappa shape index (κ1) is 18.9. The van der Waals surface area contributed by atoms with Crippen LogP contribution in [0.3, 0.4) is 0 Å². The molecule has 6 heteroatoms. The zero-order valence-corrected chi connectivity index (χ0v) is 15.3. The summed E-state index contributed by atoms with van der Waals surface area (Å²) < 4.78 is 6.55. The average molecular weight is 344 g/mol. The zero-order chi connectivity index (χ0) is 18.7. The third kappa shape index (κ3) is 3.96. The third-order valence-corrected chi connectivity index (χ3v) is 3.94. The Bertz CT molecular complexity index is 886. The van der Waals surface area contributed by atoms with Crippen LogP contribution in [0, 0.1) is 13.8 Å². The highest BCUT2D eigenvalue weighted by molar-refractivity contribution is 6.09. The Kier molecular flexibility index (Phi) is 5.74. The number of aryl methyl sites for hydroxylation is 2. The van der Waals surface area contributed by atoms with E-state index in [0.717, 1.165) is 11.1 Å². The van der Waals surface area contributed by atoms with Crippen molar-refractivity contribution in [2.24, 2.45) is 0 Å². The van der Waals surface area contributed by atoms with Gasteiger partial charge in [-0.2, -0.15) is 0 Å². The molecule has 1 aromatic heterocycles. The molecule has 1 aromatic carbocycles. The lowest BCUT2D eigenvalue weighted by Crippen LogP contribution is -2.38. The Balaban J connectivity index is 2.77. The Morgan fingerprint density at radius 3 is 2.28 bits per heavy atom. The van der Waals surface area contributed by atoms with Gasteiger partial charge < -0.3 is 4.74 Å². The van der Waals surface area contributed by atoms with Gasteiger partial charge in [0.25, 0.3) is 5.56 Å². The fraction of sp³-hybridized carbons (Fsp3) is 0.421. The largest absolute Gasteiger partial charge is 0.361 e. The number of hydrogen-bond acceptors (Lipinski definition) is 4. The van der Waals surface area contributed by atoms with Gasteiger partial charge in [-0.1, -0.05) is 31.0 Å². The first-order valence-electron chi connectivity index (χ1n) is 8.34. The Morgan fingerprint density at radius 2 is 1.76 bits per heavy atom. The van der Waals surface area contributed by atoms with Crippen LogP contribution in [0.25, 0.3) is 0 Å². The first-order valence-corrected chi connectivity index (χ1v) is 8.34. The second-order valence-corrected chi connectivity index (χ2v) is 6.43. The van der Waals surface area contributed by atoms with Crippen molar-refractivity contribution >= 4 is 5.78 Å². The smallest absolute Gasteiger partial charge is 0.330 e. The zero-order valence-electron chi connectivity index (χ0n) is 15.3. The molecule has 2 aromatic rings. The monoisotopic (exact) mass is 344 g/mol. The molecule has 134 valence electrons. The maximum absolute atomic E-state index is 13.2. The van der Waals surface area contributed by atoms with Gasteiger partial charge in [0.2, 0.25) is 5.78 Å². The van der Waals surface area contributed by atoms with Crippen molar-refractivity contribution in [3.05, 3.63) is 67.0 Å². The molecule has 0 unspecified atom stereocenters. The average Bonchev–Trinajstić information content (AvgIpc) is 2.51. The number of hydrogen-bond donors (Lipinski definition) is 1. The van der Waals surface area contributed by atoms with Gasteiger partial charge in [0.05, 0.1) is 0 Å². The van der Waals surface area contributed by atoms with E-state index in [0.29, 0.717) is 17.7 Å². The summed E-state index contributed by atoms with van der Waals surface area (Å²) in [4.78, 5) is 40.1. The van der Waals surface area contributed by atoms with Crippen LogP contribution in [0.1, 0.15) is 59.4 Å². The van der Waals surface area contributed by atoms with Crippen molar-refractivity contribution in [2.75, 3.05) is 6.61 Å². The molecule has 0 spiro atoms. The molecule has 0 aliphatic heterocycles. The van der Waals surface area contributed by atoms with Gasteiger partial charge in [0.1, 0.15) is 12.4 Å². The molecule has 0 aliphatic carbocycles. The van der Waals surface area contributed by atoms with Gasteiger partial charge in [0.15, 0.2) is 0 Å². The molecule has 0 amide bonds. The highest BCUT2D eigenvalue weighted by Crippen LogP contribution is 2.19. The number of benzene rings is 1. The number of nitrogens with one attached hydrogen (secondary N) is 1. The Labute approximate surface area is 146 Å². The summed E-state index contributed by atoms with van der Waals surface area (Å²) in [5, 5.41) is 0. The summed E-state index contributed by atoms with van der Waals surface area (Å²) in [5.74, 6) is -0.569. The van der Waals surface area contributed by atoms with Gasteiger partial charge in [-0.25, -0.2) is 4.79 Å². The second-order valence-electron chi connectivity index (χ2n) is 6.43. The van der Waals surface area contributed by atoms with Crippen LogP contribution in [0.15, 0.2) is 27.8 Å². The number of rotatable bonds is 6. The summed E-state index contributed by atoms with van der Waals surface area (Å²) in [7, 11) is 0. The second kappa shape index (κ2) is 7.61. The summed E-state index contributed by atoms with van der Waals surface area (Å²) in [6.45, 7) is 9.54. The van der Waals surface area contributed by atoms with Gasteiger partial charge in [0, 0.05) is 17.7 Å². The molecule has 0 radical (unpaired) electrons. The van der Waals surface area contributed by atoms with E-state index in [1.807, 2.05) is 33.8 Å². The quantitative estimate of drug-likeness (QED) is 0.817. The van der Waals surface area contributed by atoms with Crippen LogP contribution in [0.4, 0.5) is 0 Å². The number of carbonyl (C=O) groups is 1. The summed E-state index contributed by atoms with van der Waals surface area (Å²) >= 11 is 0. The van der Waals surface area contributed by atoms with Crippen molar-refractivity contribution in [3.63, 3.8) is 0 Å². The van der Waals surface area contributed by atoms with Crippen molar-refractivity contribution in [1.82, 2.24) is 9.55 Å². The Morgan fingerprint density at radius 1 is 1.16 bits per heavy atom. The number of ether oxygens (including phenoxy) is 1. The van der Waals surface area contributed by atoms with Gasteiger partial charge in [-0.3, -0.25) is 19.1 Å². The molecule has 25 heavy (non-hydrogen) atoms. The van der Waals surface area contributed by atoms with Crippen molar-refractivity contribution in [2.45, 2.75) is 47.3 Å². The molecule has 0 atom stereocenters. The minimum absolute atomic E-state index is 0.0856. The van der Waals surface area contributed by atoms with Crippen molar-refractivity contribution in [3.8, 4) is 0 Å². The number of H-pyrrole nitrogens is 1. The van der Waals surface area contributed by atoms with Crippen LogP contribution in [-0.4, -0.2) is 21.9 Å². The summed E-state index contributed by atoms with van der Waals surface area (Å²) in [5.41, 5.74) is 1.56. The molecule has 0 fully saturated rings. The molecule has 2 rings (SSSR count). The summed E-state index contributed by atoms with van der Waals surface area (Å²) in [6.07, 6.45) is 0. The molecule has 0 saturated carbocycles. The van der Waals surface area contributed by atoms with E-state index in [9.17, 15) is 14.4 Å². The van der Waals surface area contributed by atoms with E-state index in [1.165, 1.54) is 4.57 Å². The SMILES string of the molecule is CCOCn1c(C(=O)c2cc(C)cc(C)c2)c(C(C)C)c(=O)[nH]c1=O. The van der Waals surface area contributed by atoms with E-state index in [1.54, 1.807) is 19.1 Å². The van der Waals surface area contributed by atoms with Crippen LogP contribution in [-0.2, 0) is 11.5 Å². The third-order valence-electron chi connectivity index (χ3n) is 3.94. The maximum Gasteiger partial charge on any atom is 0.330 e. The number of aromatic nitrogens is 2. The van der Waals surface area contributed by atoms with E-state index >= 15 is 0 Å². The maximum atomic E-state index is 13.2. The number of carbonyl (C=O) groups excluding carboxylic acids is 1. The van der Waals surface area contributed by atoms with Crippen LogP contribution < -0.4 is 11.2 Å². The van der Waals surface area contributed by atoms with Crippen LogP contribution in [0.2, 0.25) is 0 Å². The van der Waals surface area contributed by atoms with Gasteiger partial charge in [-0.05, 0) is 38.8 Å². The molecule has 1 N–H and O–H groups in total. The highest BCUT2D eigenvalue weighted by Gasteiger charge is 2.24. The van der Waals surface area contributed by atoms with E-state index in [4.69, 9.17) is 4.74 Å². The molecule has 0 aliphatic rings. The molecule has 0 saturated heterocycles. The van der Waals surface area contributed by atoms with Crippen LogP contribution >= 0.6 is 0 Å². The fourth-order valence-corrected chi connectivity index (χ4v) is 2.92. The van der Waals surface area contributed by atoms with Crippen molar-refractivity contribution < 1.29 is 9.53 Å². The topological polar surface area (TPSA) is 81.2 Å². The van der Waals surface area contributed by atoms with E-state index < -0.39 is 11.2 Å². The number of aromatic amines is 1. The first-order chi connectivity index (χ1) is 11.8. The summed E-state index contributed by atoms with van der Waals surface area (Å²) in [6, 6.07) is 5.48. The number of ketones is 1. The predicted octanol–water partition coefficient (Wildman–Crippen LogP) is 2.50. The lowest BCUT2D eigenvalue weighted by molar-refractivity contribution is 0.0783. The fourth-order valence-electron chi connectivity index (χ4n) is 2.92. The molecule has 6 nitrogen and oxygen atoms in total.